The molecule has 1 saturated heterocycles. The molecular weight excluding hydrogens is 340 g/mol. The van der Waals surface area contributed by atoms with Gasteiger partial charge >= 0.3 is 0 Å². The van der Waals surface area contributed by atoms with Gasteiger partial charge in [-0.05, 0) is 37.4 Å². The minimum atomic E-state index is -0.802. The lowest BCUT2D eigenvalue weighted by Gasteiger charge is -2.27. The summed E-state index contributed by atoms with van der Waals surface area (Å²) in [7, 11) is 1.63. The molecule has 0 aromatic heterocycles. The summed E-state index contributed by atoms with van der Waals surface area (Å²) in [6, 6.07) is 17.5. The molecule has 1 aliphatic rings. The van der Waals surface area contributed by atoms with Gasteiger partial charge in [-0.25, -0.2) is 0 Å². The molecule has 5 heteroatoms. The van der Waals surface area contributed by atoms with Gasteiger partial charge in [-0.2, -0.15) is 0 Å². The average Bonchev–Trinajstić information content (AvgIpc) is 2.89. The molecule has 144 valence electrons. The van der Waals surface area contributed by atoms with Crippen molar-refractivity contribution in [1.82, 2.24) is 10.2 Å². The molecule has 0 spiro atoms. The third kappa shape index (κ3) is 5.08. The molecule has 5 nitrogen and oxygen atoms in total. The van der Waals surface area contributed by atoms with Gasteiger partial charge in [0.15, 0.2) is 0 Å². The molecule has 0 aliphatic carbocycles. The highest BCUT2D eigenvalue weighted by molar-refractivity contribution is 5.78. The number of carbonyl (C=O) groups is 1. The Labute approximate surface area is 161 Å². The molecule has 1 unspecified atom stereocenters. The summed E-state index contributed by atoms with van der Waals surface area (Å²) in [4.78, 5) is 14.5. The Kier molecular flexibility index (Phi) is 6.48. The molecule has 1 atom stereocenters. The largest absolute Gasteiger partial charge is 0.496 e. The van der Waals surface area contributed by atoms with Gasteiger partial charge in [-0.1, -0.05) is 48.5 Å². The van der Waals surface area contributed by atoms with Gasteiger partial charge in [0.2, 0.25) is 5.91 Å². The monoisotopic (exact) mass is 368 g/mol. The number of amides is 1. The van der Waals surface area contributed by atoms with Crippen LogP contribution >= 0.6 is 0 Å². The van der Waals surface area contributed by atoms with Gasteiger partial charge in [0.1, 0.15) is 5.75 Å². The molecule has 27 heavy (non-hydrogen) atoms. The van der Waals surface area contributed by atoms with Crippen LogP contribution in [0.3, 0.4) is 0 Å². The van der Waals surface area contributed by atoms with Crippen LogP contribution in [0.1, 0.15) is 30.4 Å². The summed E-state index contributed by atoms with van der Waals surface area (Å²) in [6.07, 6.45) is 2.22. The average molecular weight is 368 g/mol. The number of carbonyl (C=O) groups excluding carboxylic acids is 1. The zero-order valence-corrected chi connectivity index (χ0v) is 15.9. The predicted molar refractivity (Wildman–Crippen MR) is 105 cm³/mol. The van der Waals surface area contributed by atoms with Crippen LogP contribution in [0.2, 0.25) is 0 Å². The van der Waals surface area contributed by atoms with E-state index in [4.69, 9.17) is 4.74 Å². The quantitative estimate of drug-likeness (QED) is 0.823. The van der Waals surface area contributed by atoms with Crippen molar-refractivity contribution in [2.24, 2.45) is 0 Å². The van der Waals surface area contributed by atoms with Gasteiger partial charge in [-0.15, -0.1) is 0 Å². The predicted octanol–water partition coefficient (Wildman–Crippen LogP) is 2.69. The number of aliphatic hydroxyl groups is 1. The topological polar surface area (TPSA) is 61.8 Å². The smallest absolute Gasteiger partial charge is 0.234 e. The molecule has 2 N–H and O–H groups in total. The third-order valence-electron chi connectivity index (χ3n) is 5.25. The fraction of sp³-hybridized carbons (Fsp3) is 0.409. The van der Waals surface area contributed by atoms with Crippen LogP contribution in [0.15, 0.2) is 54.6 Å². The number of para-hydroxylation sites is 1. The Balaban J connectivity index is 1.52. The van der Waals surface area contributed by atoms with Crippen LogP contribution in [-0.2, 0) is 16.9 Å². The third-order valence-corrected chi connectivity index (χ3v) is 5.25. The number of nitrogens with zero attached hydrogens (tertiary/aromatic N) is 1. The van der Waals surface area contributed by atoms with Crippen molar-refractivity contribution in [3.8, 4) is 5.75 Å². The van der Waals surface area contributed by atoms with E-state index in [0.717, 1.165) is 36.3 Å². The molecule has 0 radical (unpaired) electrons. The molecule has 1 heterocycles. The second-order valence-electron chi connectivity index (χ2n) is 7.12. The maximum absolute atomic E-state index is 12.4. The summed E-state index contributed by atoms with van der Waals surface area (Å²) >= 11 is 0. The minimum Gasteiger partial charge on any atom is -0.496 e. The zero-order valence-electron chi connectivity index (χ0n) is 15.9. The molecule has 0 bridgehead atoms. The fourth-order valence-electron chi connectivity index (χ4n) is 3.67. The fourth-order valence-corrected chi connectivity index (χ4v) is 3.67. The van der Waals surface area contributed by atoms with Gasteiger partial charge in [0.05, 0.1) is 19.3 Å². The van der Waals surface area contributed by atoms with Crippen molar-refractivity contribution < 1.29 is 14.6 Å². The van der Waals surface area contributed by atoms with Crippen LogP contribution < -0.4 is 10.1 Å². The van der Waals surface area contributed by atoms with E-state index in [9.17, 15) is 9.90 Å². The second-order valence-corrected chi connectivity index (χ2v) is 7.12. The Bertz CT molecular complexity index is 750. The molecule has 1 aliphatic heterocycles. The van der Waals surface area contributed by atoms with E-state index < -0.39 is 5.60 Å². The number of benzene rings is 2. The number of ether oxygens (including phenoxy) is 1. The number of hydrogen-bond acceptors (Lipinski definition) is 4. The van der Waals surface area contributed by atoms with E-state index in [1.165, 1.54) is 0 Å². The number of methoxy groups -OCH3 is 1. The van der Waals surface area contributed by atoms with Crippen molar-refractivity contribution in [3.05, 3.63) is 65.7 Å². The first-order valence-corrected chi connectivity index (χ1v) is 9.49. The van der Waals surface area contributed by atoms with Crippen LogP contribution in [0.4, 0.5) is 0 Å². The minimum absolute atomic E-state index is 0.00828. The lowest BCUT2D eigenvalue weighted by atomic mass is 9.87. The summed E-state index contributed by atoms with van der Waals surface area (Å²) < 4.78 is 5.32. The molecule has 2 aromatic rings. The normalized spacial score (nSPS) is 20.7. The number of nitrogens with one attached hydrogen (secondary N) is 1. The first-order valence-electron chi connectivity index (χ1n) is 9.49. The van der Waals surface area contributed by atoms with E-state index in [2.05, 4.69) is 10.2 Å². The van der Waals surface area contributed by atoms with E-state index in [-0.39, 0.29) is 5.91 Å². The number of likely N-dealkylation sites (tertiary alicyclic amines) is 1. The van der Waals surface area contributed by atoms with Crippen LogP contribution in [0.5, 0.6) is 5.75 Å². The van der Waals surface area contributed by atoms with E-state index in [0.29, 0.717) is 26.1 Å². The van der Waals surface area contributed by atoms with Crippen molar-refractivity contribution >= 4 is 5.91 Å². The molecular formula is C22H28N2O3. The Morgan fingerprint density at radius 1 is 1.11 bits per heavy atom. The number of hydrogen-bond donors (Lipinski definition) is 2. The van der Waals surface area contributed by atoms with Crippen molar-refractivity contribution in [1.29, 1.82) is 0 Å². The van der Waals surface area contributed by atoms with Crippen molar-refractivity contribution in [2.75, 3.05) is 26.7 Å². The first-order chi connectivity index (χ1) is 13.1. The standard InChI is InChI=1S/C22H28N2O3/c1-27-20-11-6-5-8-18(20)16-23-21(25)17-24-14-7-12-22(26,13-15-24)19-9-3-2-4-10-19/h2-6,8-11,26H,7,12-17H2,1H3,(H,23,25). The van der Waals surface area contributed by atoms with E-state index in [1.807, 2.05) is 54.6 Å². The first kappa shape index (κ1) is 19.4. The van der Waals surface area contributed by atoms with Gasteiger partial charge < -0.3 is 15.2 Å². The SMILES string of the molecule is COc1ccccc1CNC(=O)CN1CCCC(O)(c2ccccc2)CC1. The van der Waals surface area contributed by atoms with Crippen LogP contribution in [0, 0.1) is 0 Å². The summed E-state index contributed by atoms with van der Waals surface area (Å²) in [5, 5.41) is 14.0. The summed E-state index contributed by atoms with van der Waals surface area (Å²) in [5.74, 6) is 0.770. The maximum Gasteiger partial charge on any atom is 0.234 e. The zero-order chi connectivity index (χ0) is 19.1. The van der Waals surface area contributed by atoms with Gasteiger partial charge in [0, 0.05) is 18.7 Å². The number of rotatable bonds is 6. The van der Waals surface area contributed by atoms with E-state index >= 15 is 0 Å². The second kappa shape index (κ2) is 9.02. The summed E-state index contributed by atoms with van der Waals surface area (Å²) in [5.41, 5.74) is 1.12. The van der Waals surface area contributed by atoms with Gasteiger partial charge in [0.25, 0.3) is 0 Å². The van der Waals surface area contributed by atoms with Crippen LogP contribution in [-0.4, -0.2) is 42.7 Å². The van der Waals surface area contributed by atoms with E-state index in [1.54, 1.807) is 7.11 Å². The molecule has 3 rings (SSSR count). The highest BCUT2D eigenvalue weighted by atomic mass is 16.5. The van der Waals surface area contributed by atoms with Gasteiger partial charge in [-0.3, -0.25) is 9.69 Å². The van der Waals surface area contributed by atoms with Crippen molar-refractivity contribution in [3.63, 3.8) is 0 Å². The lowest BCUT2D eigenvalue weighted by Crippen LogP contribution is -2.38. The Morgan fingerprint density at radius 2 is 1.85 bits per heavy atom. The Morgan fingerprint density at radius 3 is 2.63 bits per heavy atom. The molecule has 2 aromatic carbocycles. The maximum atomic E-state index is 12.4. The highest BCUT2D eigenvalue weighted by Gasteiger charge is 2.32. The van der Waals surface area contributed by atoms with Crippen LogP contribution in [0.25, 0.3) is 0 Å². The molecule has 0 saturated carbocycles. The Hall–Kier alpha value is -2.37. The molecule has 1 amide bonds. The summed E-state index contributed by atoms with van der Waals surface area (Å²) in [6.45, 7) is 2.31. The highest BCUT2D eigenvalue weighted by Crippen LogP contribution is 2.32. The molecule has 1 fully saturated rings. The van der Waals surface area contributed by atoms with Crippen molar-refractivity contribution in [2.45, 2.75) is 31.4 Å². The lowest BCUT2D eigenvalue weighted by molar-refractivity contribution is -0.122.